The van der Waals surface area contributed by atoms with Gasteiger partial charge in [-0.3, -0.25) is 4.68 Å². The predicted octanol–water partition coefficient (Wildman–Crippen LogP) is 0.527. The van der Waals surface area contributed by atoms with Crippen molar-refractivity contribution < 1.29 is 4.39 Å². The summed E-state index contributed by atoms with van der Waals surface area (Å²) in [6.07, 6.45) is 1.67. The summed E-state index contributed by atoms with van der Waals surface area (Å²) in [5.41, 5.74) is 5.18. The maximum atomic E-state index is 12.9. The van der Waals surface area contributed by atoms with Crippen molar-refractivity contribution in [2.75, 3.05) is 6.54 Å². The van der Waals surface area contributed by atoms with Crippen LogP contribution in [-0.4, -0.2) is 27.5 Å². The molecule has 4 nitrogen and oxygen atoms in total. The SMILES string of the molecule is CCCn1ncnc1CC(F)CN. The fourth-order valence-corrected chi connectivity index (χ4v) is 1.13. The first-order chi connectivity index (χ1) is 6.27. The highest BCUT2D eigenvalue weighted by atomic mass is 19.1. The summed E-state index contributed by atoms with van der Waals surface area (Å²) in [7, 11) is 0. The maximum absolute atomic E-state index is 12.9. The number of aryl methyl sites for hydroxylation is 1. The van der Waals surface area contributed by atoms with Crippen LogP contribution in [0.2, 0.25) is 0 Å². The number of hydrogen-bond donors (Lipinski definition) is 1. The van der Waals surface area contributed by atoms with Gasteiger partial charge in [-0.2, -0.15) is 5.10 Å². The van der Waals surface area contributed by atoms with Gasteiger partial charge in [0.25, 0.3) is 0 Å². The smallest absolute Gasteiger partial charge is 0.138 e. The van der Waals surface area contributed by atoms with E-state index in [0.717, 1.165) is 13.0 Å². The van der Waals surface area contributed by atoms with Gasteiger partial charge in [0.05, 0.1) is 0 Å². The molecule has 74 valence electrons. The molecule has 1 unspecified atom stereocenters. The summed E-state index contributed by atoms with van der Waals surface area (Å²) >= 11 is 0. The van der Waals surface area contributed by atoms with Crippen molar-refractivity contribution in [1.29, 1.82) is 0 Å². The van der Waals surface area contributed by atoms with Crippen LogP contribution in [0.3, 0.4) is 0 Å². The molecule has 0 saturated heterocycles. The molecule has 1 rings (SSSR count). The van der Waals surface area contributed by atoms with Crippen molar-refractivity contribution in [3.8, 4) is 0 Å². The monoisotopic (exact) mass is 186 g/mol. The topological polar surface area (TPSA) is 56.7 Å². The average molecular weight is 186 g/mol. The van der Waals surface area contributed by atoms with Gasteiger partial charge in [0.15, 0.2) is 0 Å². The van der Waals surface area contributed by atoms with E-state index in [1.165, 1.54) is 6.33 Å². The van der Waals surface area contributed by atoms with Crippen LogP contribution < -0.4 is 5.73 Å². The predicted molar refractivity (Wildman–Crippen MR) is 48.0 cm³/mol. The summed E-state index contributed by atoms with van der Waals surface area (Å²) in [4.78, 5) is 3.98. The van der Waals surface area contributed by atoms with Gasteiger partial charge in [0.2, 0.25) is 0 Å². The van der Waals surface area contributed by atoms with Crippen LogP contribution in [0.1, 0.15) is 19.2 Å². The zero-order valence-electron chi connectivity index (χ0n) is 7.78. The van der Waals surface area contributed by atoms with Gasteiger partial charge >= 0.3 is 0 Å². The summed E-state index contributed by atoms with van der Waals surface area (Å²) in [6.45, 7) is 2.87. The number of halogens is 1. The molecular formula is C8H15FN4. The lowest BCUT2D eigenvalue weighted by Gasteiger charge is -2.06. The van der Waals surface area contributed by atoms with Gasteiger partial charge in [-0.25, -0.2) is 9.37 Å². The van der Waals surface area contributed by atoms with Gasteiger partial charge < -0.3 is 5.73 Å². The second kappa shape index (κ2) is 4.91. The second-order valence-electron chi connectivity index (χ2n) is 2.94. The average Bonchev–Trinajstić information content (AvgIpc) is 2.54. The molecule has 0 radical (unpaired) electrons. The minimum absolute atomic E-state index is 0.0407. The van der Waals surface area contributed by atoms with Crippen molar-refractivity contribution in [1.82, 2.24) is 14.8 Å². The van der Waals surface area contributed by atoms with Crippen molar-refractivity contribution in [2.24, 2.45) is 5.73 Å². The molecule has 2 N–H and O–H groups in total. The standard InChI is InChI=1S/C8H15FN4/c1-2-3-13-8(11-6-12-13)4-7(9)5-10/h6-7H,2-5,10H2,1H3. The van der Waals surface area contributed by atoms with Crippen LogP contribution in [0.15, 0.2) is 6.33 Å². The molecule has 0 aliphatic heterocycles. The third kappa shape index (κ3) is 2.77. The van der Waals surface area contributed by atoms with Crippen LogP contribution in [0.25, 0.3) is 0 Å². The highest BCUT2D eigenvalue weighted by molar-refractivity contribution is 4.87. The number of nitrogens with two attached hydrogens (primary N) is 1. The Hall–Kier alpha value is -0.970. The zero-order valence-corrected chi connectivity index (χ0v) is 7.78. The molecule has 1 atom stereocenters. The molecule has 1 heterocycles. The lowest BCUT2D eigenvalue weighted by Crippen LogP contribution is -2.20. The van der Waals surface area contributed by atoms with Crippen LogP contribution in [-0.2, 0) is 13.0 Å². The van der Waals surface area contributed by atoms with E-state index in [1.807, 2.05) is 6.92 Å². The van der Waals surface area contributed by atoms with Gasteiger partial charge in [0.1, 0.15) is 18.3 Å². The normalized spacial score (nSPS) is 13.2. The molecule has 0 saturated carbocycles. The van der Waals surface area contributed by atoms with Crippen LogP contribution in [0.5, 0.6) is 0 Å². The lowest BCUT2D eigenvalue weighted by atomic mass is 10.2. The molecule has 1 aromatic heterocycles. The van der Waals surface area contributed by atoms with Crippen LogP contribution in [0, 0.1) is 0 Å². The van der Waals surface area contributed by atoms with Crippen molar-refractivity contribution in [3.63, 3.8) is 0 Å². The Labute approximate surface area is 77.0 Å². The molecule has 13 heavy (non-hydrogen) atoms. The summed E-state index contributed by atoms with van der Waals surface area (Å²) < 4.78 is 14.6. The Morgan fingerprint density at radius 3 is 3.08 bits per heavy atom. The fraction of sp³-hybridized carbons (Fsp3) is 0.750. The Morgan fingerprint density at radius 2 is 2.46 bits per heavy atom. The molecule has 0 bridgehead atoms. The summed E-state index contributed by atoms with van der Waals surface area (Å²) in [6, 6.07) is 0. The quantitative estimate of drug-likeness (QED) is 0.729. The fourth-order valence-electron chi connectivity index (χ4n) is 1.13. The van der Waals surface area contributed by atoms with E-state index in [9.17, 15) is 4.39 Å². The highest BCUT2D eigenvalue weighted by Crippen LogP contribution is 2.02. The Morgan fingerprint density at radius 1 is 1.69 bits per heavy atom. The number of rotatable bonds is 5. The van der Waals surface area contributed by atoms with Gasteiger partial charge in [-0.05, 0) is 6.42 Å². The van der Waals surface area contributed by atoms with Crippen molar-refractivity contribution in [3.05, 3.63) is 12.2 Å². The summed E-state index contributed by atoms with van der Waals surface area (Å²) in [5, 5.41) is 3.99. The van der Waals surface area contributed by atoms with E-state index < -0.39 is 6.17 Å². The van der Waals surface area contributed by atoms with E-state index in [2.05, 4.69) is 10.1 Å². The highest BCUT2D eigenvalue weighted by Gasteiger charge is 2.10. The molecular weight excluding hydrogens is 171 g/mol. The molecule has 5 heteroatoms. The molecule has 0 aliphatic carbocycles. The van der Waals surface area contributed by atoms with Gasteiger partial charge in [-0.1, -0.05) is 6.92 Å². The third-order valence-electron chi connectivity index (χ3n) is 1.79. The largest absolute Gasteiger partial charge is 0.328 e. The van der Waals surface area contributed by atoms with Crippen molar-refractivity contribution in [2.45, 2.75) is 32.5 Å². The van der Waals surface area contributed by atoms with Crippen LogP contribution in [0.4, 0.5) is 4.39 Å². The van der Waals surface area contributed by atoms with E-state index in [-0.39, 0.29) is 13.0 Å². The Kier molecular flexibility index (Phi) is 3.82. The number of nitrogens with zero attached hydrogens (tertiary/aromatic N) is 3. The maximum Gasteiger partial charge on any atom is 0.138 e. The summed E-state index contributed by atoms with van der Waals surface area (Å²) in [5.74, 6) is 0.680. The minimum Gasteiger partial charge on any atom is -0.328 e. The lowest BCUT2D eigenvalue weighted by molar-refractivity contribution is 0.329. The van der Waals surface area contributed by atoms with E-state index in [1.54, 1.807) is 4.68 Å². The van der Waals surface area contributed by atoms with Gasteiger partial charge in [0, 0.05) is 19.5 Å². The van der Waals surface area contributed by atoms with E-state index in [4.69, 9.17) is 5.73 Å². The molecule has 0 amide bonds. The Bertz CT molecular complexity index is 248. The number of hydrogen-bond acceptors (Lipinski definition) is 3. The first kappa shape index (κ1) is 10.1. The van der Waals surface area contributed by atoms with Crippen molar-refractivity contribution >= 4 is 0 Å². The zero-order chi connectivity index (χ0) is 9.68. The number of aromatic nitrogens is 3. The minimum atomic E-state index is -1.01. The van der Waals surface area contributed by atoms with E-state index >= 15 is 0 Å². The van der Waals surface area contributed by atoms with E-state index in [0.29, 0.717) is 5.82 Å². The number of alkyl halides is 1. The second-order valence-corrected chi connectivity index (χ2v) is 2.94. The molecule has 0 aromatic carbocycles. The molecule has 0 aliphatic rings. The van der Waals surface area contributed by atoms with Gasteiger partial charge in [-0.15, -0.1) is 0 Å². The first-order valence-corrected chi connectivity index (χ1v) is 4.48. The Balaban J connectivity index is 2.59. The molecule has 0 fully saturated rings. The first-order valence-electron chi connectivity index (χ1n) is 4.48. The van der Waals surface area contributed by atoms with Crippen LogP contribution >= 0.6 is 0 Å². The third-order valence-corrected chi connectivity index (χ3v) is 1.79. The molecule has 1 aromatic rings. The molecule has 0 spiro atoms.